The van der Waals surface area contributed by atoms with Gasteiger partial charge < -0.3 is 4.98 Å². The Morgan fingerprint density at radius 1 is 0.792 bits per heavy atom. The van der Waals surface area contributed by atoms with Crippen LogP contribution in [0.25, 0.3) is 49.3 Å². The number of aromatic nitrogens is 3. The normalized spacial score (nSPS) is 12.2. The zero-order chi connectivity index (χ0) is 15.7. The Morgan fingerprint density at radius 3 is 2.67 bits per heavy atom. The standard InChI is InChI=1S/C21H13N3/c1-2-6-14-13(5-1)9-10-15-16-12-24-19-8-4-3-7-17(19)22-20(24)11-18(16)23-21(14)15/h1-12,23H. The van der Waals surface area contributed by atoms with E-state index >= 15 is 0 Å². The van der Waals surface area contributed by atoms with E-state index in [1.54, 1.807) is 0 Å². The lowest BCUT2D eigenvalue weighted by atomic mass is 10.1. The molecular weight excluding hydrogens is 294 g/mol. The highest BCUT2D eigenvalue weighted by molar-refractivity contribution is 6.17. The first-order valence-electron chi connectivity index (χ1n) is 8.08. The van der Waals surface area contributed by atoms with Gasteiger partial charge in [-0.05, 0) is 17.5 Å². The van der Waals surface area contributed by atoms with E-state index in [2.05, 4.69) is 76.2 Å². The summed E-state index contributed by atoms with van der Waals surface area (Å²) >= 11 is 0. The minimum Gasteiger partial charge on any atom is -0.354 e. The Hall–Kier alpha value is -3.33. The Kier molecular flexibility index (Phi) is 2.10. The maximum atomic E-state index is 4.74. The molecule has 6 rings (SSSR count). The zero-order valence-electron chi connectivity index (χ0n) is 12.8. The average molecular weight is 307 g/mol. The predicted molar refractivity (Wildman–Crippen MR) is 99.6 cm³/mol. The van der Waals surface area contributed by atoms with Gasteiger partial charge in [0.2, 0.25) is 0 Å². The summed E-state index contributed by atoms with van der Waals surface area (Å²) < 4.78 is 2.18. The molecule has 0 aliphatic heterocycles. The van der Waals surface area contributed by atoms with E-state index in [0.717, 1.165) is 22.2 Å². The van der Waals surface area contributed by atoms with Crippen LogP contribution in [0, 0.1) is 0 Å². The van der Waals surface area contributed by atoms with Crippen molar-refractivity contribution in [3.05, 3.63) is 72.9 Å². The lowest BCUT2D eigenvalue weighted by Gasteiger charge is -1.99. The number of benzene rings is 3. The van der Waals surface area contributed by atoms with E-state index in [1.807, 2.05) is 6.07 Å². The Morgan fingerprint density at radius 2 is 1.67 bits per heavy atom. The second-order valence-electron chi connectivity index (χ2n) is 6.26. The summed E-state index contributed by atoms with van der Waals surface area (Å²) in [6, 6.07) is 23.3. The van der Waals surface area contributed by atoms with Crippen molar-refractivity contribution in [3.63, 3.8) is 0 Å². The monoisotopic (exact) mass is 307 g/mol. The summed E-state index contributed by atoms with van der Waals surface area (Å²) in [6.45, 7) is 0. The van der Waals surface area contributed by atoms with Crippen molar-refractivity contribution in [3.8, 4) is 0 Å². The molecule has 0 radical (unpaired) electrons. The van der Waals surface area contributed by atoms with E-state index in [0.29, 0.717) is 0 Å². The highest BCUT2D eigenvalue weighted by Crippen LogP contribution is 2.32. The van der Waals surface area contributed by atoms with E-state index < -0.39 is 0 Å². The fraction of sp³-hybridized carbons (Fsp3) is 0. The van der Waals surface area contributed by atoms with Gasteiger partial charge in [-0.2, -0.15) is 0 Å². The van der Waals surface area contributed by atoms with Crippen molar-refractivity contribution in [2.24, 2.45) is 0 Å². The third-order valence-corrected chi connectivity index (χ3v) is 4.92. The van der Waals surface area contributed by atoms with Crippen molar-refractivity contribution >= 4 is 49.3 Å². The first kappa shape index (κ1) is 12.1. The number of pyridine rings is 1. The number of rotatable bonds is 0. The molecule has 3 heterocycles. The number of nitrogens with one attached hydrogen (secondary N) is 1. The molecule has 1 N–H and O–H groups in total. The van der Waals surface area contributed by atoms with Crippen LogP contribution in [0.3, 0.4) is 0 Å². The number of hydrogen-bond acceptors (Lipinski definition) is 1. The van der Waals surface area contributed by atoms with Gasteiger partial charge in [-0.25, -0.2) is 4.98 Å². The van der Waals surface area contributed by atoms with Gasteiger partial charge in [0.25, 0.3) is 0 Å². The Balaban J connectivity index is 1.84. The van der Waals surface area contributed by atoms with Crippen molar-refractivity contribution in [1.29, 1.82) is 0 Å². The molecule has 0 aliphatic rings. The lowest BCUT2D eigenvalue weighted by molar-refractivity contribution is 1.25. The lowest BCUT2D eigenvalue weighted by Crippen LogP contribution is -1.83. The quantitative estimate of drug-likeness (QED) is 0.407. The van der Waals surface area contributed by atoms with Gasteiger partial charge in [0.1, 0.15) is 5.65 Å². The van der Waals surface area contributed by atoms with Gasteiger partial charge in [-0.15, -0.1) is 0 Å². The molecule has 0 saturated heterocycles. The molecule has 24 heavy (non-hydrogen) atoms. The molecule has 0 bridgehead atoms. The summed E-state index contributed by atoms with van der Waals surface area (Å²) in [5.41, 5.74) is 5.47. The summed E-state index contributed by atoms with van der Waals surface area (Å²) in [5.74, 6) is 0. The van der Waals surface area contributed by atoms with E-state index in [-0.39, 0.29) is 0 Å². The average Bonchev–Trinajstić information content (AvgIpc) is 3.17. The highest BCUT2D eigenvalue weighted by Gasteiger charge is 2.11. The number of imidazole rings is 1. The molecule has 0 saturated carbocycles. The van der Waals surface area contributed by atoms with Gasteiger partial charge >= 0.3 is 0 Å². The molecule has 3 aromatic carbocycles. The fourth-order valence-corrected chi connectivity index (χ4v) is 3.79. The van der Waals surface area contributed by atoms with Crippen LogP contribution in [0.4, 0.5) is 0 Å². The first-order valence-corrected chi connectivity index (χ1v) is 8.08. The molecule has 0 unspecified atom stereocenters. The predicted octanol–water partition coefficient (Wildman–Crippen LogP) is 5.28. The molecule has 3 heteroatoms. The van der Waals surface area contributed by atoms with Crippen LogP contribution in [0.1, 0.15) is 0 Å². The molecule has 0 aliphatic carbocycles. The third-order valence-electron chi connectivity index (χ3n) is 4.92. The van der Waals surface area contributed by atoms with Gasteiger partial charge in [-0.3, -0.25) is 4.40 Å². The summed E-state index contributed by atoms with van der Waals surface area (Å²) in [7, 11) is 0. The SMILES string of the molecule is c1ccc2c(c1)ccc1c3cn4c(cc3[nH]c21)nc1ccccc14. The minimum absolute atomic E-state index is 0.972. The van der Waals surface area contributed by atoms with Gasteiger partial charge in [0.05, 0.1) is 22.1 Å². The number of aromatic amines is 1. The molecule has 3 aromatic heterocycles. The maximum Gasteiger partial charge on any atom is 0.140 e. The van der Waals surface area contributed by atoms with Crippen LogP contribution < -0.4 is 0 Å². The number of H-pyrrole nitrogens is 1. The van der Waals surface area contributed by atoms with E-state index in [1.165, 1.54) is 27.1 Å². The van der Waals surface area contributed by atoms with Crippen LogP contribution in [-0.4, -0.2) is 14.4 Å². The highest BCUT2D eigenvalue weighted by atomic mass is 15.0. The summed E-state index contributed by atoms with van der Waals surface area (Å²) in [6.07, 6.45) is 2.20. The van der Waals surface area contributed by atoms with Crippen LogP contribution in [0.15, 0.2) is 72.9 Å². The fourth-order valence-electron chi connectivity index (χ4n) is 3.79. The summed E-state index contributed by atoms with van der Waals surface area (Å²) in [5, 5.41) is 5.00. The molecule has 6 aromatic rings. The topological polar surface area (TPSA) is 33.1 Å². The van der Waals surface area contributed by atoms with Crippen molar-refractivity contribution in [2.75, 3.05) is 0 Å². The zero-order valence-corrected chi connectivity index (χ0v) is 12.8. The van der Waals surface area contributed by atoms with Crippen molar-refractivity contribution < 1.29 is 0 Å². The number of fused-ring (bicyclic) bond motifs is 8. The Bertz CT molecular complexity index is 1400. The van der Waals surface area contributed by atoms with Gasteiger partial charge in [0.15, 0.2) is 0 Å². The third kappa shape index (κ3) is 1.44. The molecule has 0 amide bonds. The number of nitrogens with zero attached hydrogens (tertiary/aromatic N) is 2. The van der Waals surface area contributed by atoms with Crippen LogP contribution in [0.2, 0.25) is 0 Å². The second kappa shape index (κ2) is 4.15. The molecule has 0 fully saturated rings. The van der Waals surface area contributed by atoms with Gasteiger partial charge in [0, 0.05) is 28.4 Å². The maximum absolute atomic E-state index is 4.74. The summed E-state index contributed by atoms with van der Waals surface area (Å²) in [4.78, 5) is 8.34. The smallest absolute Gasteiger partial charge is 0.140 e. The molecule has 0 atom stereocenters. The molecule has 3 nitrogen and oxygen atoms in total. The number of hydrogen-bond donors (Lipinski definition) is 1. The van der Waals surface area contributed by atoms with Gasteiger partial charge in [-0.1, -0.05) is 48.5 Å². The molecular formula is C21H13N3. The molecule has 0 spiro atoms. The Labute approximate surface area is 137 Å². The van der Waals surface area contributed by atoms with Crippen LogP contribution in [-0.2, 0) is 0 Å². The largest absolute Gasteiger partial charge is 0.354 e. The number of para-hydroxylation sites is 2. The van der Waals surface area contributed by atoms with Crippen LogP contribution >= 0.6 is 0 Å². The van der Waals surface area contributed by atoms with Crippen molar-refractivity contribution in [1.82, 2.24) is 14.4 Å². The van der Waals surface area contributed by atoms with E-state index in [4.69, 9.17) is 4.98 Å². The molecule has 112 valence electrons. The minimum atomic E-state index is 0.972. The first-order chi connectivity index (χ1) is 11.9. The van der Waals surface area contributed by atoms with Crippen LogP contribution in [0.5, 0.6) is 0 Å². The van der Waals surface area contributed by atoms with E-state index in [9.17, 15) is 0 Å². The van der Waals surface area contributed by atoms with Crippen molar-refractivity contribution in [2.45, 2.75) is 0 Å². The second-order valence-corrected chi connectivity index (χ2v) is 6.26.